The van der Waals surface area contributed by atoms with Gasteiger partial charge in [0.05, 0.1) is 12.2 Å². The number of ether oxygens (including phenoxy) is 1. The monoisotopic (exact) mass is 268 g/mol. The van der Waals surface area contributed by atoms with Gasteiger partial charge in [-0.05, 0) is 12.8 Å². The third-order valence-corrected chi connectivity index (χ3v) is 4.37. The van der Waals surface area contributed by atoms with Crippen LogP contribution >= 0.6 is 0 Å². The van der Waals surface area contributed by atoms with Gasteiger partial charge in [-0.2, -0.15) is 0 Å². The van der Waals surface area contributed by atoms with Crippen LogP contribution in [0.2, 0.25) is 0 Å². The van der Waals surface area contributed by atoms with Gasteiger partial charge in [-0.1, -0.05) is 90.9 Å². The second kappa shape index (κ2) is 11.8. The van der Waals surface area contributed by atoms with Crippen LogP contribution in [-0.4, -0.2) is 12.2 Å². The Hall–Kier alpha value is -0.0400. The van der Waals surface area contributed by atoms with Crippen LogP contribution in [0.1, 0.15) is 104 Å². The molecule has 19 heavy (non-hydrogen) atoms. The molecule has 0 N–H and O–H groups in total. The minimum Gasteiger partial charge on any atom is -0.370 e. The maximum atomic E-state index is 5.76. The summed E-state index contributed by atoms with van der Waals surface area (Å²) >= 11 is 0. The van der Waals surface area contributed by atoms with Crippen molar-refractivity contribution in [3.63, 3.8) is 0 Å². The zero-order valence-corrected chi connectivity index (χ0v) is 13.5. The van der Waals surface area contributed by atoms with Crippen molar-refractivity contribution in [3.8, 4) is 0 Å². The van der Waals surface area contributed by atoms with Crippen molar-refractivity contribution < 1.29 is 4.74 Å². The smallest absolute Gasteiger partial charge is 0.0841 e. The highest BCUT2D eigenvalue weighted by Crippen LogP contribution is 2.31. The van der Waals surface area contributed by atoms with Crippen molar-refractivity contribution in [3.05, 3.63) is 0 Å². The van der Waals surface area contributed by atoms with Crippen molar-refractivity contribution in [2.45, 2.75) is 116 Å². The maximum Gasteiger partial charge on any atom is 0.0841 e. The predicted octanol–water partition coefficient (Wildman–Crippen LogP) is 6.26. The fraction of sp³-hybridized carbons (Fsp3) is 1.00. The van der Waals surface area contributed by atoms with Gasteiger partial charge in [0.1, 0.15) is 0 Å². The molecule has 1 rings (SSSR count). The molecule has 1 nitrogen and oxygen atoms in total. The van der Waals surface area contributed by atoms with Crippen LogP contribution < -0.4 is 0 Å². The SMILES string of the molecule is CCCCCCCCCCC1OC1CCCCCC. The average Bonchev–Trinajstić information content (AvgIpc) is 3.16. The van der Waals surface area contributed by atoms with E-state index in [0.29, 0.717) is 12.2 Å². The number of hydrogen-bond acceptors (Lipinski definition) is 1. The van der Waals surface area contributed by atoms with E-state index < -0.39 is 0 Å². The zero-order valence-electron chi connectivity index (χ0n) is 13.5. The Kier molecular flexibility index (Phi) is 10.5. The Morgan fingerprint density at radius 1 is 0.526 bits per heavy atom. The first-order valence-electron chi connectivity index (χ1n) is 9.04. The van der Waals surface area contributed by atoms with E-state index >= 15 is 0 Å². The van der Waals surface area contributed by atoms with Crippen molar-refractivity contribution in [2.24, 2.45) is 0 Å². The van der Waals surface area contributed by atoms with Crippen molar-refractivity contribution >= 4 is 0 Å². The van der Waals surface area contributed by atoms with E-state index in [1.54, 1.807) is 0 Å². The molecule has 0 radical (unpaired) electrons. The number of unbranched alkanes of at least 4 members (excludes halogenated alkanes) is 10. The summed E-state index contributed by atoms with van der Waals surface area (Å²) in [4.78, 5) is 0. The first-order chi connectivity index (χ1) is 9.38. The molecule has 1 fully saturated rings. The molecule has 1 aliphatic rings. The van der Waals surface area contributed by atoms with Gasteiger partial charge in [-0.3, -0.25) is 0 Å². The number of epoxide rings is 1. The fourth-order valence-electron chi connectivity index (χ4n) is 2.94. The largest absolute Gasteiger partial charge is 0.370 e. The molecule has 2 unspecified atom stereocenters. The quantitative estimate of drug-likeness (QED) is 0.268. The van der Waals surface area contributed by atoms with E-state index in [2.05, 4.69) is 13.8 Å². The molecule has 0 aromatic rings. The third kappa shape index (κ3) is 9.49. The topological polar surface area (TPSA) is 12.5 Å². The van der Waals surface area contributed by atoms with Crippen molar-refractivity contribution in [1.29, 1.82) is 0 Å². The summed E-state index contributed by atoms with van der Waals surface area (Å²) in [6, 6.07) is 0. The Bertz CT molecular complexity index is 190. The Balaban J connectivity index is 1.74. The third-order valence-electron chi connectivity index (χ3n) is 4.37. The van der Waals surface area contributed by atoms with Crippen molar-refractivity contribution in [2.75, 3.05) is 0 Å². The van der Waals surface area contributed by atoms with Crippen LogP contribution in [0, 0.1) is 0 Å². The fourth-order valence-corrected chi connectivity index (χ4v) is 2.94. The van der Waals surface area contributed by atoms with E-state index in [1.165, 1.54) is 89.9 Å². The van der Waals surface area contributed by atoms with Gasteiger partial charge < -0.3 is 4.74 Å². The molecule has 1 heterocycles. The molecular weight excluding hydrogens is 232 g/mol. The van der Waals surface area contributed by atoms with Gasteiger partial charge >= 0.3 is 0 Å². The van der Waals surface area contributed by atoms with Crippen LogP contribution in [-0.2, 0) is 4.74 Å². The lowest BCUT2D eigenvalue weighted by atomic mass is 10.0. The van der Waals surface area contributed by atoms with E-state index in [9.17, 15) is 0 Å². The molecule has 0 aliphatic carbocycles. The van der Waals surface area contributed by atoms with Crippen LogP contribution in [0.15, 0.2) is 0 Å². The molecule has 114 valence electrons. The minimum atomic E-state index is 0.640. The van der Waals surface area contributed by atoms with E-state index in [0.717, 1.165) is 0 Å². The minimum absolute atomic E-state index is 0.640. The molecular formula is C18H36O. The first-order valence-corrected chi connectivity index (χ1v) is 9.04. The molecule has 2 atom stereocenters. The van der Waals surface area contributed by atoms with Crippen molar-refractivity contribution in [1.82, 2.24) is 0 Å². The maximum absolute atomic E-state index is 5.76. The van der Waals surface area contributed by atoms with Gasteiger partial charge in [0.25, 0.3) is 0 Å². The Morgan fingerprint density at radius 2 is 0.895 bits per heavy atom. The summed E-state index contributed by atoms with van der Waals surface area (Å²) in [5.74, 6) is 0. The normalized spacial score (nSPS) is 21.8. The zero-order chi connectivity index (χ0) is 13.8. The highest BCUT2D eigenvalue weighted by atomic mass is 16.6. The van der Waals surface area contributed by atoms with Crippen LogP contribution in [0.3, 0.4) is 0 Å². The van der Waals surface area contributed by atoms with Gasteiger partial charge in [-0.15, -0.1) is 0 Å². The van der Waals surface area contributed by atoms with Crippen LogP contribution in [0.4, 0.5) is 0 Å². The highest BCUT2D eigenvalue weighted by Gasteiger charge is 2.36. The average molecular weight is 268 g/mol. The van der Waals surface area contributed by atoms with Crippen LogP contribution in [0.5, 0.6) is 0 Å². The van der Waals surface area contributed by atoms with Gasteiger partial charge in [-0.25, -0.2) is 0 Å². The molecule has 0 saturated carbocycles. The number of hydrogen-bond donors (Lipinski definition) is 0. The molecule has 0 bridgehead atoms. The van der Waals surface area contributed by atoms with Gasteiger partial charge in [0.15, 0.2) is 0 Å². The Labute approximate surface area is 121 Å². The molecule has 1 aliphatic heterocycles. The standard InChI is InChI=1S/C18H36O/c1-3-5-7-9-10-11-12-14-16-18-17(19-18)15-13-8-6-4-2/h17-18H,3-16H2,1-2H3. The first kappa shape index (κ1) is 17.0. The molecule has 1 heteroatoms. The summed E-state index contributed by atoms with van der Waals surface area (Å²) in [5, 5.41) is 0. The number of rotatable bonds is 14. The highest BCUT2D eigenvalue weighted by molar-refractivity contribution is 4.84. The summed E-state index contributed by atoms with van der Waals surface area (Å²) in [6.07, 6.45) is 20.8. The lowest BCUT2D eigenvalue weighted by Gasteiger charge is -2.00. The molecule has 0 aromatic carbocycles. The van der Waals surface area contributed by atoms with Crippen LogP contribution in [0.25, 0.3) is 0 Å². The van der Waals surface area contributed by atoms with Gasteiger partial charge in [0, 0.05) is 0 Å². The predicted molar refractivity (Wildman–Crippen MR) is 84.6 cm³/mol. The molecule has 0 aromatic heterocycles. The molecule has 1 saturated heterocycles. The second-order valence-electron chi connectivity index (χ2n) is 6.33. The lowest BCUT2D eigenvalue weighted by Crippen LogP contribution is -1.94. The Morgan fingerprint density at radius 3 is 1.37 bits per heavy atom. The summed E-state index contributed by atoms with van der Waals surface area (Å²) in [6.45, 7) is 4.56. The van der Waals surface area contributed by atoms with E-state index in [4.69, 9.17) is 4.74 Å². The van der Waals surface area contributed by atoms with E-state index in [1.807, 2.05) is 0 Å². The lowest BCUT2D eigenvalue weighted by molar-refractivity contribution is 0.348. The van der Waals surface area contributed by atoms with E-state index in [-0.39, 0.29) is 0 Å². The molecule has 0 spiro atoms. The molecule has 0 amide bonds. The summed E-state index contributed by atoms with van der Waals surface area (Å²) in [5.41, 5.74) is 0. The summed E-state index contributed by atoms with van der Waals surface area (Å²) in [7, 11) is 0. The summed E-state index contributed by atoms with van der Waals surface area (Å²) < 4.78 is 5.76. The van der Waals surface area contributed by atoms with Gasteiger partial charge in [0.2, 0.25) is 0 Å². The second-order valence-corrected chi connectivity index (χ2v) is 6.33.